The van der Waals surface area contributed by atoms with E-state index in [1.807, 2.05) is 6.92 Å². The molecule has 1 atom stereocenters. The van der Waals surface area contributed by atoms with Gasteiger partial charge in [0.25, 0.3) is 0 Å². The Bertz CT molecular complexity index is 1190. The minimum atomic E-state index is -3.67. The van der Waals surface area contributed by atoms with Gasteiger partial charge in [0, 0.05) is 12.7 Å². The highest BCUT2D eigenvalue weighted by Gasteiger charge is 2.29. The molecule has 1 N–H and O–H groups in total. The fourth-order valence-electron chi connectivity index (χ4n) is 2.96. The molecule has 1 aromatic heterocycles. The Labute approximate surface area is 167 Å². The topological polar surface area (TPSA) is 88.5 Å². The number of fused-ring (bicyclic) bond motifs is 1. The van der Waals surface area contributed by atoms with E-state index in [2.05, 4.69) is 5.32 Å². The Morgan fingerprint density at radius 2 is 1.82 bits per heavy atom. The molecule has 0 aliphatic rings. The zero-order chi connectivity index (χ0) is 20.6. The minimum Gasteiger partial charge on any atom is -0.324 e. The Morgan fingerprint density at radius 1 is 1.18 bits per heavy atom. The smallest absolute Gasteiger partial charge is 0.307 e. The Kier molecular flexibility index (Phi) is 5.31. The second-order valence-corrected chi connectivity index (χ2v) is 9.52. The zero-order valence-electron chi connectivity index (χ0n) is 16.0. The highest BCUT2D eigenvalue weighted by atomic mass is 32.2. The van der Waals surface area contributed by atoms with Crippen molar-refractivity contribution in [3.63, 3.8) is 0 Å². The summed E-state index contributed by atoms with van der Waals surface area (Å²) < 4.78 is 28.1. The van der Waals surface area contributed by atoms with Gasteiger partial charge in [0.05, 0.1) is 22.2 Å². The van der Waals surface area contributed by atoms with E-state index in [0.717, 1.165) is 37.7 Å². The van der Waals surface area contributed by atoms with Crippen molar-refractivity contribution in [2.45, 2.75) is 19.9 Å². The SMILES string of the molecule is Cc1ccc(N([C@H](C)C(=O)Nc2ccc3c(c2)sc(=O)n3C)S(C)(=O)=O)cc1. The number of hydrogen-bond donors (Lipinski definition) is 1. The lowest BCUT2D eigenvalue weighted by Crippen LogP contribution is -2.45. The number of carbonyl (C=O) groups excluding carboxylic acids is 1. The number of thiazole rings is 1. The molecule has 3 aromatic rings. The second kappa shape index (κ2) is 7.40. The Morgan fingerprint density at radius 3 is 2.43 bits per heavy atom. The summed E-state index contributed by atoms with van der Waals surface area (Å²) in [6.07, 6.45) is 1.07. The van der Waals surface area contributed by atoms with Gasteiger partial charge in [-0.25, -0.2) is 8.42 Å². The largest absolute Gasteiger partial charge is 0.324 e. The third-order valence-electron chi connectivity index (χ3n) is 4.44. The van der Waals surface area contributed by atoms with Crippen LogP contribution in [0, 0.1) is 6.92 Å². The molecule has 0 fully saturated rings. The fraction of sp³-hybridized carbons (Fsp3) is 0.263. The summed E-state index contributed by atoms with van der Waals surface area (Å²) in [7, 11) is -1.99. The van der Waals surface area contributed by atoms with Crippen LogP contribution in [0.3, 0.4) is 0 Å². The van der Waals surface area contributed by atoms with Crippen molar-refractivity contribution in [2.24, 2.45) is 7.05 Å². The number of benzene rings is 2. The van der Waals surface area contributed by atoms with Gasteiger partial charge in [0.1, 0.15) is 6.04 Å². The molecule has 9 heteroatoms. The van der Waals surface area contributed by atoms with Gasteiger partial charge in [-0.05, 0) is 44.2 Å². The number of sulfonamides is 1. The van der Waals surface area contributed by atoms with E-state index < -0.39 is 22.0 Å². The molecule has 148 valence electrons. The summed E-state index contributed by atoms with van der Waals surface area (Å²) in [5.41, 5.74) is 2.69. The van der Waals surface area contributed by atoms with E-state index in [1.54, 1.807) is 49.5 Å². The number of nitrogens with one attached hydrogen (secondary N) is 1. The first kappa shape index (κ1) is 20.1. The summed E-state index contributed by atoms with van der Waals surface area (Å²) in [5.74, 6) is -0.464. The summed E-state index contributed by atoms with van der Waals surface area (Å²) in [4.78, 5) is 24.5. The van der Waals surface area contributed by atoms with Gasteiger partial charge in [-0.15, -0.1) is 0 Å². The number of hydrogen-bond acceptors (Lipinski definition) is 5. The lowest BCUT2D eigenvalue weighted by molar-refractivity contribution is -0.116. The number of rotatable bonds is 5. The molecule has 2 aromatic carbocycles. The number of anilines is 2. The van der Waals surface area contributed by atoms with Gasteiger partial charge in [-0.3, -0.25) is 13.9 Å². The van der Waals surface area contributed by atoms with Crippen molar-refractivity contribution in [1.82, 2.24) is 4.57 Å². The Balaban J connectivity index is 1.89. The highest BCUT2D eigenvalue weighted by Crippen LogP contribution is 2.24. The van der Waals surface area contributed by atoms with E-state index in [-0.39, 0.29) is 4.87 Å². The van der Waals surface area contributed by atoms with Crippen molar-refractivity contribution in [3.8, 4) is 0 Å². The zero-order valence-corrected chi connectivity index (χ0v) is 17.6. The minimum absolute atomic E-state index is 0.0885. The van der Waals surface area contributed by atoms with Gasteiger partial charge < -0.3 is 9.88 Å². The van der Waals surface area contributed by atoms with E-state index in [4.69, 9.17) is 0 Å². The van der Waals surface area contributed by atoms with Gasteiger partial charge in [0.15, 0.2) is 0 Å². The molecule has 0 saturated carbocycles. The first-order valence-electron chi connectivity index (χ1n) is 8.54. The second-order valence-electron chi connectivity index (χ2n) is 6.67. The molecule has 0 saturated heterocycles. The van der Waals surface area contributed by atoms with Gasteiger partial charge in [0.2, 0.25) is 15.9 Å². The molecule has 7 nitrogen and oxygen atoms in total. The number of aromatic nitrogens is 1. The van der Waals surface area contributed by atoms with E-state index in [0.29, 0.717) is 11.4 Å². The van der Waals surface area contributed by atoms with Crippen LogP contribution in [0.25, 0.3) is 10.2 Å². The van der Waals surface area contributed by atoms with Crippen LogP contribution in [0.15, 0.2) is 47.3 Å². The van der Waals surface area contributed by atoms with E-state index in [9.17, 15) is 18.0 Å². The summed E-state index contributed by atoms with van der Waals surface area (Å²) in [6, 6.07) is 11.1. The predicted molar refractivity (Wildman–Crippen MR) is 114 cm³/mol. The van der Waals surface area contributed by atoms with Crippen LogP contribution in [-0.4, -0.2) is 31.2 Å². The average Bonchev–Trinajstić information content (AvgIpc) is 2.89. The van der Waals surface area contributed by atoms with E-state index in [1.165, 1.54) is 11.5 Å². The molecule has 0 spiro atoms. The highest BCUT2D eigenvalue weighted by molar-refractivity contribution is 7.92. The van der Waals surface area contributed by atoms with Crippen LogP contribution in [0.4, 0.5) is 11.4 Å². The molecule has 1 amide bonds. The normalized spacial score (nSPS) is 12.7. The lowest BCUT2D eigenvalue weighted by atomic mass is 10.2. The van der Waals surface area contributed by atoms with Crippen molar-refractivity contribution >= 4 is 48.9 Å². The van der Waals surface area contributed by atoms with Gasteiger partial charge in [-0.2, -0.15) is 0 Å². The van der Waals surface area contributed by atoms with Crippen molar-refractivity contribution < 1.29 is 13.2 Å². The van der Waals surface area contributed by atoms with Crippen molar-refractivity contribution in [1.29, 1.82) is 0 Å². The molecule has 0 aliphatic heterocycles. The van der Waals surface area contributed by atoms with Crippen molar-refractivity contribution in [3.05, 3.63) is 57.7 Å². The maximum atomic E-state index is 12.8. The maximum absolute atomic E-state index is 12.8. The number of carbonyl (C=O) groups is 1. The monoisotopic (exact) mass is 419 g/mol. The standard InChI is InChI=1S/C19H21N3O4S2/c1-12-5-8-15(9-6-12)22(28(4,25)26)13(2)18(23)20-14-7-10-16-17(11-14)27-19(24)21(16)3/h5-11,13H,1-4H3,(H,20,23)/t13-/m1/s1. The lowest BCUT2D eigenvalue weighted by Gasteiger charge is -2.28. The van der Waals surface area contributed by atoms with E-state index >= 15 is 0 Å². The third kappa shape index (κ3) is 3.95. The van der Waals surface area contributed by atoms with Crippen LogP contribution in [0.5, 0.6) is 0 Å². The third-order valence-corrected chi connectivity index (χ3v) is 6.67. The fourth-order valence-corrected chi connectivity index (χ4v) is 5.05. The van der Waals surface area contributed by atoms with Crippen LogP contribution < -0.4 is 14.5 Å². The summed E-state index contributed by atoms with van der Waals surface area (Å²) in [5, 5.41) is 2.75. The molecule has 28 heavy (non-hydrogen) atoms. The van der Waals surface area contributed by atoms with Crippen LogP contribution >= 0.6 is 11.3 Å². The van der Waals surface area contributed by atoms with Gasteiger partial charge in [-0.1, -0.05) is 29.0 Å². The molecule has 0 bridgehead atoms. The van der Waals surface area contributed by atoms with Crippen LogP contribution in [0.1, 0.15) is 12.5 Å². The summed E-state index contributed by atoms with van der Waals surface area (Å²) in [6.45, 7) is 3.44. The molecule has 0 radical (unpaired) electrons. The molecular weight excluding hydrogens is 398 g/mol. The number of amides is 1. The van der Waals surface area contributed by atoms with Gasteiger partial charge >= 0.3 is 4.87 Å². The molecule has 0 aliphatic carbocycles. The first-order valence-corrected chi connectivity index (χ1v) is 11.2. The summed E-state index contributed by atoms with van der Waals surface area (Å²) >= 11 is 1.09. The molecule has 1 heterocycles. The number of nitrogens with zero attached hydrogens (tertiary/aromatic N) is 2. The molecular formula is C19H21N3O4S2. The molecule has 0 unspecified atom stereocenters. The predicted octanol–water partition coefficient (Wildman–Crippen LogP) is 2.70. The first-order chi connectivity index (χ1) is 13.1. The number of aryl methyl sites for hydroxylation is 2. The quantitative estimate of drug-likeness (QED) is 0.689. The Hall–Kier alpha value is -2.65. The average molecular weight is 420 g/mol. The molecule has 3 rings (SSSR count). The van der Waals surface area contributed by atoms with Crippen molar-refractivity contribution in [2.75, 3.05) is 15.9 Å². The maximum Gasteiger partial charge on any atom is 0.307 e. The van der Waals surface area contributed by atoms with Crippen LogP contribution in [-0.2, 0) is 21.9 Å². The van der Waals surface area contributed by atoms with Crippen LogP contribution in [0.2, 0.25) is 0 Å².